The van der Waals surface area contributed by atoms with Gasteiger partial charge < -0.3 is 15.1 Å². The lowest BCUT2D eigenvalue weighted by Crippen LogP contribution is -2.50. The molecule has 1 aliphatic rings. The molecule has 7 heteroatoms. The summed E-state index contributed by atoms with van der Waals surface area (Å²) in [5.41, 5.74) is 5.13. The highest BCUT2D eigenvalue weighted by atomic mass is 32.2. The summed E-state index contributed by atoms with van der Waals surface area (Å²) in [6.45, 7) is 8.96. The fourth-order valence-electron chi connectivity index (χ4n) is 3.75. The minimum Gasteiger partial charge on any atom is -0.353 e. The molecule has 4 rings (SSSR count). The molecule has 6 nitrogen and oxygen atoms in total. The number of urea groups is 1. The number of hydrogen-bond donors (Lipinski definition) is 1. The Hall–Kier alpha value is -3.06. The summed E-state index contributed by atoms with van der Waals surface area (Å²) < 4.78 is 0. The summed E-state index contributed by atoms with van der Waals surface area (Å²) in [4.78, 5) is 27.6. The zero-order chi connectivity index (χ0) is 22.7. The molecule has 1 saturated heterocycles. The maximum absolute atomic E-state index is 12.7. The third kappa shape index (κ3) is 4.88. The van der Waals surface area contributed by atoms with E-state index in [0.29, 0.717) is 13.1 Å². The van der Waals surface area contributed by atoms with Crippen LogP contribution in [0.15, 0.2) is 53.4 Å². The number of benzene rings is 2. The number of anilines is 2. The van der Waals surface area contributed by atoms with Crippen molar-refractivity contribution in [2.45, 2.75) is 25.7 Å². The van der Waals surface area contributed by atoms with Crippen molar-refractivity contribution in [2.75, 3.05) is 42.7 Å². The number of nitrogens with one attached hydrogen (secondary N) is 1. The molecule has 2 aromatic carbocycles. The second kappa shape index (κ2) is 9.61. The highest BCUT2D eigenvalue weighted by Crippen LogP contribution is 2.26. The van der Waals surface area contributed by atoms with Crippen LogP contribution in [-0.4, -0.2) is 53.3 Å². The van der Waals surface area contributed by atoms with E-state index in [1.165, 1.54) is 10.5 Å². The van der Waals surface area contributed by atoms with Crippen LogP contribution in [0.25, 0.3) is 11.4 Å². The van der Waals surface area contributed by atoms with Crippen LogP contribution < -0.4 is 10.2 Å². The van der Waals surface area contributed by atoms with Crippen molar-refractivity contribution in [1.82, 2.24) is 14.9 Å². The van der Waals surface area contributed by atoms with E-state index in [1.807, 2.05) is 42.3 Å². The monoisotopic (exact) mass is 447 g/mol. The van der Waals surface area contributed by atoms with Crippen molar-refractivity contribution in [2.24, 2.45) is 0 Å². The van der Waals surface area contributed by atoms with Gasteiger partial charge >= 0.3 is 6.03 Å². The predicted octanol–water partition coefficient (Wildman–Crippen LogP) is 5.14. The van der Waals surface area contributed by atoms with Crippen LogP contribution >= 0.6 is 11.8 Å². The SMILES string of the molecule is CSc1ccc(NC(=O)N2CCN(c3nc(-c4ccc(C)cc4)nc(C)c3C)CC2)cc1. The Balaban J connectivity index is 1.44. The van der Waals surface area contributed by atoms with Gasteiger partial charge in [-0.25, -0.2) is 14.8 Å². The van der Waals surface area contributed by atoms with Gasteiger partial charge in [0.05, 0.1) is 0 Å². The van der Waals surface area contributed by atoms with Crippen LogP contribution in [0, 0.1) is 20.8 Å². The first kappa shape index (κ1) is 22.1. The topological polar surface area (TPSA) is 61.4 Å². The van der Waals surface area contributed by atoms with Crippen molar-refractivity contribution in [3.8, 4) is 11.4 Å². The first-order valence-corrected chi connectivity index (χ1v) is 12.0. The standard InChI is InChI=1S/C25H29N5OS/c1-17-5-7-20(8-6-17)23-26-19(3)18(2)24(28-23)29-13-15-30(16-14-29)25(31)27-21-9-11-22(32-4)12-10-21/h5-12H,13-16H2,1-4H3,(H,27,31). The molecule has 1 aromatic heterocycles. The molecule has 0 spiro atoms. The molecule has 2 heterocycles. The van der Waals surface area contributed by atoms with Crippen molar-refractivity contribution >= 4 is 29.3 Å². The van der Waals surface area contributed by atoms with Crippen LogP contribution in [0.4, 0.5) is 16.3 Å². The molecule has 1 N–H and O–H groups in total. The minimum atomic E-state index is -0.0579. The molecule has 0 aliphatic carbocycles. The number of carbonyl (C=O) groups excluding carboxylic acids is 1. The van der Waals surface area contributed by atoms with Crippen molar-refractivity contribution in [3.05, 3.63) is 65.4 Å². The van der Waals surface area contributed by atoms with Gasteiger partial charge in [0.15, 0.2) is 5.82 Å². The van der Waals surface area contributed by atoms with E-state index in [1.54, 1.807) is 11.8 Å². The van der Waals surface area contributed by atoms with Gasteiger partial charge in [0.2, 0.25) is 0 Å². The van der Waals surface area contributed by atoms with Crippen LogP contribution in [0.5, 0.6) is 0 Å². The molecule has 2 amide bonds. The fraction of sp³-hybridized carbons (Fsp3) is 0.320. The summed E-state index contributed by atoms with van der Waals surface area (Å²) >= 11 is 1.69. The molecule has 1 aliphatic heterocycles. The van der Waals surface area contributed by atoms with Crippen LogP contribution in [0.3, 0.4) is 0 Å². The van der Waals surface area contributed by atoms with Gasteiger partial charge in [-0.15, -0.1) is 11.8 Å². The summed E-state index contributed by atoms with van der Waals surface area (Å²) in [6, 6.07) is 16.2. The quantitative estimate of drug-likeness (QED) is 0.561. The number of carbonyl (C=O) groups is 1. The molecule has 0 unspecified atom stereocenters. The zero-order valence-corrected chi connectivity index (χ0v) is 19.9. The third-order valence-corrected chi connectivity index (χ3v) is 6.62. The summed E-state index contributed by atoms with van der Waals surface area (Å²) in [7, 11) is 0. The van der Waals surface area contributed by atoms with Crippen molar-refractivity contribution in [1.29, 1.82) is 0 Å². The number of nitrogens with zero attached hydrogens (tertiary/aromatic N) is 4. The van der Waals surface area contributed by atoms with Crippen LogP contribution in [0.1, 0.15) is 16.8 Å². The van der Waals surface area contributed by atoms with E-state index in [9.17, 15) is 4.79 Å². The fourth-order valence-corrected chi connectivity index (χ4v) is 4.16. The Bertz CT molecular complexity index is 1090. The number of piperazine rings is 1. The second-order valence-electron chi connectivity index (χ2n) is 8.08. The molecule has 0 bridgehead atoms. The lowest BCUT2D eigenvalue weighted by Gasteiger charge is -2.36. The molecular weight excluding hydrogens is 418 g/mol. The van der Waals surface area contributed by atoms with Gasteiger partial charge in [-0.1, -0.05) is 29.8 Å². The molecule has 166 valence electrons. The van der Waals surface area contributed by atoms with Gasteiger partial charge in [0, 0.05) is 53.6 Å². The first-order valence-electron chi connectivity index (χ1n) is 10.8. The van der Waals surface area contributed by atoms with E-state index in [2.05, 4.69) is 48.3 Å². The van der Waals surface area contributed by atoms with Crippen molar-refractivity contribution < 1.29 is 4.79 Å². The predicted molar refractivity (Wildman–Crippen MR) is 133 cm³/mol. The zero-order valence-electron chi connectivity index (χ0n) is 19.1. The van der Waals surface area contributed by atoms with Crippen molar-refractivity contribution in [3.63, 3.8) is 0 Å². The lowest BCUT2D eigenvalue weighted by atomic mass is 10.1. The lowest BCUT2D eigenvalue weighted by molar-refractivity contribution is 0.208. The number of thioether (sulfide) groups is 1. The molecule has 3 aromatic rings. The molecule has 0 atom stereocenters. The number of rotatable bonds is 4. The van der Waals surface area contributed by atoms with Gasteiger partial charge in [0.1, 0.15) is 5.82 Å². The van der Waals surface area contributed by atoms with Gasteiger partial charge in [-0.2, -0.15) is 0 Å². The summed E-state index contributed by atoms with van der Waals surface area (Å²) in [5.74, 6) is 1.71. The summed E-state index contributed by atoms with van der Waals surface area (Å²) in [5, 5.41) is 3.01. The van der Waals surface area contributed by atoms with E-state index >= 15 is 0 Å². The molecular formula is C25H29N5OS. The third-order valence-electron chi connectivity index (χ3n) is 5.88. The Morgan fingerprint density at radius 2 is 1.56 bits per heavy atom. The molecule has 0 radical (unpaired) electrons. The Morgan fingerprint density at radius 1 is 0.906 bits per heavy atom. The number of aromatic nitrogens is 2. The Labute approximate surface area is 194 Å². The van der Waals surface area contributed by atoms with Gasteiger partial charge in [-0.3, -0.25) is 0 Å². The Morgan fingerprint density at radius 3 is 2.19 bits per heavy atom. The normalized spacial score (nSPS) is 13.9. The number of amides is 2. The average molecular weight is 448 g/mol. The van der Waals surface area contributed by atoms with E-state index in [4.69, 9.17) is 9.97 Å². The molecule has 1 fully saturated rings. The smallest absolute Gasteiger partial charge is 0.321 e. The van der Waals surface area contributed by atoms with E-state index in [-0.39, 0.29) is 6.03 Å². The maximum Gasteiger partial charge on any atom is 0.321 e. The number of aryl methyl sites for hydroxylation is 2. The molecule has 0 saturated carbocycles. The first-order chi connectivity index (χ1) is 15.4. The highest BCUT2D eigenvalue weighted by Gasteiger charge is 2.24. The molecule has 32 heavy (non-hydrogen) atoms. The average Bonchev–Trinajstić information content (AvgIpc) is 2.82. The van der Waals surface area contributed by atoms with Gasteiger partial charge in [0.25, 0.3) is 0 Å². The Kier molecular flexibility index (Phi) is 6.65. The minimum absolute atomic E-state index is 0.0579. The van der Waals surface area contributed by atoms with E-state index in [0.717, 1.165) is 47.2 Å². The van der Waals surface area contributed by atoms with Crippen LogP contribution in [0.2, 0.25) is 0 Å². The largest absolute Gasteiger partial charge is 0.353 e. The van der Waals surface area contributed by atoms with E-state index < -0.39 is 0 Å². The second-order valence-corrected chi connectivity index (χ2v) is 8.96. The maximum atomic E-state index is 12.7. The number of hydrogen-bond acceptors (Lipinski definition) is 5. The van der Waals surface area contributed by atoms with Gasteiger partial charge in [-0.05, 0) is 51.3 Å². The van der Waals surface area contributed by atoms with Crippen LogP contribution in [-0.2, 0) is 0 Å². The summed E-state index contributed by atoms with van der Waals surface area (Å²) in [6.07, 6.45) is 2.04. The highest BCUT2D eigenvalue weighted by molar-refractivity contribution is 7.98.